The molecule has 2 heterocycles. The van der Waals surface area contributed by atoms with E-state index in [0.717, 1.165) is 44.9 Å². The van der Waals surface area contributed by atoms with Gasteiger partial charge in [-0.1, -0.05) is 82.5 Å². The molecule has 1 aromatic carbocycles. The van der Waals surface area contributed by atoms with Crippen LogP contribution in [0.2, 0.25) is 0 Å². The van der Waals surface area contributed by atoms with Crippen LogP contribution in [-0.4, -0.2) is 85.9 Å². The van der Waals surface area contributed by atoms with Crippen LogP contribution in [0.15, 0.2) is 49.1 Å². The Bertz CT molecular complexity index is 1600. The van der Waals surface area contributed by atoms with Crippen LogP contribution < -0.4 is 15.4 Å². The van der Waals surface area contributed by atoms with Crippen molar-refractivity contribution in [3.8, 4) is 0 Å². The standard InChI is InChI=1S/C38H54N4O8S/c1-5-28-20-21-38(28,35(45)41-51(47,48)30-18-19-30)40-33(43)31-24-29-25-42(31)34(44)32(37(2,3)4)39-36(46)50-22-12-8-6-7-9-14-26-15-10-11-16-27(26)17-13-23-49-29/h5,10-11,15-16,20-21,28-32H,1,6-9,12-14,17-19,22-25H2,2-4H3,(H,39,46)(H,40,43)(H,41,45)/t28-,29-,31+,32-,38-/m1/s1. The van der Waals surface area contributed by atoms with E-state index < -0.39 is 74.1 Å². The van der Waals surface area contributed by atoms with Gasteiger partial charge in [0.25, 0.3) is 5.91 Å². The highest BCUT2D eigenvalue weighted by atomic mass is 32.2. The number of rotatable bonds is 6. The smallest absolute Gasteiger partial charge is 0.407 e. The summed E-state index contributed by atoms with van der Waals surface area (Å²) >= 11 is 0. The Labute approximate surface area is 302 Å². The number of fused-ring (bicyclic) bond motifs is 3. The molecule has 5 rings (SSSR count). The van der Waals surface area contributed by atoms with Crippen LogP contribution in [0.5, 0.6) is 0 Å². The third-order valence-electron chi connectivity index (χ3n) is 10.4. The fraction of sp³-hybridized carbons (Fsp3) is 0.632. The Morgan fingerprint density at radius 3 is 2.29 bits per heavy atom. The molecule has 1 aromatic rings. The number of aryl methyl sites for hydroxylation is 2. The minimum atomic E-state index is -3.90. The van der Waals surface area contributed by atoms with E-state index in [1.54, 1.807) is 6.08 Å². The SMILES string of the molecule is C=C[C@@H]1C=C[C@]1(NC(=O)[C@@H]1C[C@@H]2CN1C(=O)[C@H](C(C)(C)C)NC(=O)OCCCCCCCc1ccccc1CCCO2)C(=O)NS(=O)(=O)C1CC1. The number of cyclic esters (lactones) is 1. The highest BCUT2D eigenvalue weighted by Crippen LogP contribution is 2.35. The molecule has 4 amide bonds. The Kier molecular flexibility index (Phi) is 12.3. The molecule has 0 unspecified atom stereocenters. The first kappa shape index (κ1) is 38.5. The van der Waals surface area contributed by atoms with Crippen LogP contribution in [0.1, 0.15) is 89.7 Å². The lowest BCUT2D eigenvalue weighted by Gasteiger charge is -2.42. The molecule has 12 nitrogen and oxygen atoms in total. The molecule has 2 aliphatic carbocycles. The van der Waals surface area contributed by atoms with Gasteiger partial charge in [0.15, 0.2) is 0 Å². The average Bonchev–Trinajstić information content (AvgIpc) is 3.85. The van der Waals surface area contributed by atoms with Crippen LogP contribution in [0, 0.1) is 11.3 Å². The van der Waals surface area contributed by atoms with Crippen LogP contribution in [0.25, 0.3) is 0 Å². The predicted molar refractivity (Wildman–Crippen MR) is 193 cm³/mol. The molecule has 0 aromatic heterocycles. The van der Waals surface area contributed by atoms with Gasteiger partial charge in [-0.2, -0.15) is 0 Å². The summed E-state index contributed by atoms with van der Waals surface area (Å²) in [6.07, 6.45) is 11.9. The zero-order valence-electron chi connectivity index (χ0n) is 30.2. The summed E-state index contributed by atoms with van der Waals surface area (Å²) in [5.41, 5.74) is 0.171. The van der Waals surface area contributed by atoms with E-state index in [0.29, 0.717) is 25.9 Å². The van der Waals surface area contributed by atoms with E-state index in [2.05, 4.69) is 40.1 Å². The van der Waals surface area contributed by atoms with Crippen molar-refractivity contribution in [1.82, 2.24) is 20.3 Å². The summed E-state index contributed by atoms with van der Waals surface area (Å²) in [6.45, 7) is 9.97. The maximum atomic E-state index is 14.4. The lowest BCUT2D eigenvalue weighted by atomic mass is 9.73. The number of ether oxygens (including phenoxy) is 2. The Hall–Kier alpha value is -3.71. The molecule has 280 valence electrons. The van der Waals surface area contributed by atoms with Crippen LogP contribution in [0.4, 0.5) is 4.79 Å². The average molecular weight is 727 g/mol. The van der Waals surface area contributed by atoms with Crippen molar-refractivity contribution in [2.24, 2.45) is 11.3 Å². The molecular formula is C38H54N4O8S. The first-order valence-electron chi connectivity index (χ1n) is 18.4. The van der Waals surface area contributed by atoms with Crippen molar-refractivity contribution in [3.05, 3.63) is 60.2 Å². The number of carbonyl (C=O) groups is 4. The van der Waals surface area contributed by atoms with Crippen molar-refractivity contribution in [3.63, 3.8) is 0 Å². The van der Waals surface area contributed by atoms with E-state index in [-0.39, 0.29) is 19.6 Å². The van der Waals surface area contributed by atoms with Crippen LogP contribution >= 0.6 is 0 Å². The summed E-state index contributed by atoms with van der Waals surface area (Å²) in [7, 11) is -3.90. The first-order valence-corrected chi connectivity index (χ1v) is 19.9. The van der Waals surface area contributed by atoms with Crippen molar-refractivity contribution >= 4 is 33.8 Å². The summed E-state index contributed by atoms with van der Waals surface area (Å²) in [5, 5.41) is 4.91. The van der Waals surface area contributed by atoms with Gasteiger partial charge in [0, 0.05) is 25.5 Å². The molecule has 4 aliphatic rings. The molecule has 5 atom stereocenters. The third-order valence-corrected chi connectivity index (χ3v) is 12.2. The minimum absolute atomic E-state index is 0.0901. The number of hydrogen-bond acceptors (Lipinski definition) is 8. The lowest BCUT2D eigenvalue weighted by Crippen LogP contribution is -2.67. The zero-order chi connectivity index (χ0) is 36.8. The number of benzene rings is 1. The minimum Gasteiger partial charge on any atom is -0.450 e. The van der Waals surface area contributed by atoms with Gasteiger partial charge in [-0.05, 0) is 61.5 Å². The Morgan fingerprint density at radius 1 is 1.00 bits per heavy atom. The van der Waals surface area contributed by atoms with Gasteiger partial charge in [0.1, 0.15) is 17.6 Å². The predicted octanol–water partition coefficient (Wildman–Crippen LogP) is 4.09. The zero-order valence-corrected chi connectivity index (χ0v) is 31.0. The third kappa shape index (κ3) is 9.40. The van der Waals surface area contributed by atoms with Gasteiger partial charge in [0.2, 0.25) is 21.8 Å². The number of sulfonamides is 1. The second-order valence-electron chi connectivity index (χ2n) is 15.4. The summed E-state index contributed by atoms with van der Waals surface area (Å²) in [4.78, 5) is 56.5. The molecule has 1 saturated heterocycles. The maximum Gasteiger partial charge on any atom is 0.407 e. The summed E-state index contributed by atoms with van der Waals surface area (Å²) in [5.74, 6) is -2.67. The normalized spacial score (nSPS) is 28.6. The van der Waals surface area contributed by atoms with E-state index in [1.165, 1.54) is 28.2 Å². The van der Waals surface area contributed by atoms with E-state index in [1.807, 2.05) is 26.8 Å². The highest BCUT2D eigenvalue weighted by Gasteiger charge is 2.53. The van der Waals surface area contributed by atoms with Gasteiger partial charge < -0.3 is 25.0 Å². The summed E-state index contributed by atoms with van der Waals surface area (Å²) < 4.78 is 39.4. The van der Waals surface area contributed by atoms with Crippen molar-refractivity contribution < 1.29 is 37.1 Å². The van der Waals surface area contributed by atoms with Crippen LogP contribution in [-0.2, 0) is 46.7 Å². The number of alkyl carbamates (subject to hydrolysis) is 1. The first-order chi connectivity index (χ1) is 24.2. The van der Waals surface area contributed by atoms with E-state index in [4.69, 9.17) is 9.47 Å². The second-order valence-corrected chi connectivity index (χ2v) is 17.3. The van der Waals surface area contributed by atoms with Gasteiger partial charge in [-0.25, -0.2) is 13.2 Å². The maximum absolute atomic E-state index is 14.4. The highest BCUT2D eigenvalue weighted by molar-refractivity contribution is 7.91. The second kappa shape index (κ2) is 16.3. The number of hydrogen-bond donors (Lipinski definition) is 3. The molecule has 3 N–H and O–H groups in total. The van der Waals surface area contributed by atoms with Crippen molar-refractivity contribution in [2.75, 3.05) is 19.8 Å². The van der Waals surface area contributed by atoms with Gasteiger partial charge in [-0.3, -0.25) is 19.1 Å². The Balaban J connectivity index is 1.38. The van der Waals surface area contributed by atoms with E-state index >= 15 is 0 Å². The fourth-order valence-corrected chi connectivity index (χ4v) is 8.44. The van der Waals surface area contributed by atoms with E-state index in [9.17, 15) is 27.6 Å². The summed E-state index contributed by atoms with van der Waals surface area (Å²) in [6, 6.07) is 6.35. The monoisotopic (exact) mass is 726 g/mol. The molecule has 0 radical (unpaired) electrons. The molecule has 51 heavy (non-hydrogen) atoms. The quantitative estimate of drug-likeness (QED) is 0.370. The number of nitrogens with zero attached hydrogens (tertiary/aromatic N) is 1. The van der Waals surface area contributed by atoms with Gasteiger partial charge >= 0.3 is 6.09 Å². The van der Waals surface area contributed by atoms with Crippen molar-refractivity contribution in [1.29, 1.82) is 0 Å². The number of carbonyl (C=O) groups excluding carboxylic acids is 4. The van der Waals surface area contributed by atoms with Gasteiger partial charge in [-0.15, -0.1) is 6.58 Å². The van der Waals surface area contributed by atoms with Crippen molar-refractivity contribution in [2.45, 2.75) is 120 Å². The number of amides is 4. The van der Waals surface area contributed by atoms with Gasteiger partial charge in [0.05, 0.1) is 18.0 Å². The molecular weight excluding hydrogens is 673 g/mol. The largest absolute Gasteiger partial charge is 0.450 e. The molecule has 2 fully saturated rings. The molecule has 2 aliphatic heterocycles. The lowest BCUT2D eigenvalue weighted by molar-refractivity contribution is -0.143. The molecule has 13 heteroatoms. The molecule has 1 saturated carbocycles. The molecule has 2 bridgehead atoms. The van der Waals surface area contributed by atoms with Crippen LogP contribution in [0.3, 0.4) is 0 Å². The fourth-order valence-electron chi connectivity index (χ4n) is 7.09. The number of nitrogens with one attached hydrogen (secondary N) is 3. The topological polar surface area (TPSA) is 160 Å². The molecule has 0 spiro atoms. The Morgan fingerprint density at radius 2 is 1.67 bits per heavy atom.